The van der Waals surface area contributed by atoms with Crippen LogP contribution in [0.2, 0.25) is 0 Å². The zero-order chi connectivity index (χ0) is 13.2. The van der Waals surface area contributed by atoms with Crippen molar-refractivity contribution < 1.29 is 4.79 Å². The smallest absolute Gasteiger partial charge is 0.224 e. The molecule has 1 amide bonds. The molecule has 1 aromatic rings. The molecule has 0 aromatic heterocycles. The molecule has 1 fully saturated rings. The van der Waals surface area contributed by atoms with Crippen molar-refractivity contribution in [1.82, 2.24) is 5.32 Å². The van der Waals surface area contributed by atoms with Crippen molar-refractivity contribution in [2.24, 2.45) is 5.73 Å². The van der Waals surface area contributed by atoms with E-state index in [-0.39, 0.29) is 17.5 Å². The minimum atomic E-state index is 0.0266. The minimum Gasteiger partial charge on any atom is -0.354 e. The van der Waals surface area contributed by atoms with Crippen LogP contribution < -0.4 is 11.1 Å². The summed E-state index contributed by atoms with van der Waals surface area (Å²) in [4.78, 5) is 11.7. The summed E-state index contributed by atoms with van der Waals surface area (Å²) in [6.07, 6.45) is 3.60. The van der Waals surface area contributed by atoms with Crippen molar-refractivity contribution in [2.45, 2.75) is 51.1 Å². The number of hydrogen-bond donors (Lipinski definition) is 2. The van der Waals surface area contributed by atoms with Crippen molar-refractivity contribution >= 4 is 5.91 Å². The Balaban J connectivity index is 1.96. The molecule has 3 nitrogen and oxygen atoms in total. The van der Waals surface area contributed by atoms with Gasteiger partial charge in [0.25, 0.3) is 0 Å². The summed E-state index contributed by atoms with van der Waals surface area (Å²) in [5.41, 5.74) is 8.45. The van der Waals surface area contributed by atoms with Gasteiger partial charge >= 0.3 is 0 Å². The third-order valence-corrected chi connectivity index (χ3v) is 3.25. The molecule has 98 valence electrons. The topological polar surface area (TPSA) is 55.1 Å². The molecule has 2 rings (SSSR count). The van der Waals surface area contributed by atoms with Gasteiger partial charge in [-0.15, -0.1) is 0 Å². The number of carbonyl (C=O) groups is 1. The maximum Gasteiger partial charge on any atom is 0.224 e. The molecule has 0 bridgehead atoms. The maximum absolute atomic E-state index is 11.7. The van der Waals surface area contributed by atoms with Crippen LogP contribution in [0.1, 0.15) is 37.8 Å². The third-order valence-electron chi connectivity index (χ3n) is 3.25. The predicted molar refractivity (Wildman–Crippen MR) is 73.3 cm³/mol. The lowest BCUT2D eigenvalue weighted by molar-refractivity contribution is -0.120. The quantitative estimate of drug-likeness (QED) is 0.832. The molecule has 1 aliphatic rings. The van der Waals surface area contributed by atoms with E-state index in [9.17, 15) is 4.79 Å². The molecular weight excluding hydrogens is 224 g/mol. The SMILES string of the molecule is CC(C)NC(=O)Cc1cccc(CC2(N)CC2)c1. The van der Waals surface area contributed by atoms with Crippen molar-refractivity contribution in [3.63, 3.8) is 0 Å². The summed E-state index contributed by atoms with van der Waals surface area (Å²) in [5, 5.41) is 2.91. The van der Waals surface area contributed by atoms with E-state index in [2.05, 4.69) is 17.4 Å². The van der Waals surface area contributed by atoms with Crippen molar-refractivity contribution in [1.29, 1.82) is 0 Å². The number of hydrogen-bond acceptors (Lipinski definition) is 2. The molecule has 0 atom stereocenters. The third kappa shape index (κ3) is 3.84. The van der Waals surface area contributed by atoms with Gasteiger partial charge in [0.2, 0.25) is 5.91 Å². The molecule has 1 saturated carbocycles. The van der Waals surface area contributed by atoms with Crippen LogP contribution in [0.3, 0.4) is 0 Å². The molecule has 0 heterocycles. The lowest BCUT2D eigenvalue weighted by atomic mass is 10.0. The number of rotatable bonds is 5. The highest BCUT2D eigenvalue weighted by Crippen LogP contribution is 2.35. The van der Waals surface area contributed by atoms with E-state index in [0.717, 1.165) is 24.8 Å². The summed E-state index contributed by atoms with van der Waals surface area (Å²) in [5.74, 6) is 0.0797. The number of amides is 1. The molecule has 3 N–H and O–H groups in total. The lowest BCUT2D eigenvalue weighted by Crippen LogP contribution is -2.31. The van der Waals surface area contributed by atoms with Gasteiger partial charge < -0.3 is 11.1 Å². The van der Waals surface area contributed by atoms with E-state index in [1.807, 2.05) is 26.0 Å². The van der Waals surface area contributed by atoms with Crippen molar-refractivity contribution in [3.05, 3.63) is 35.4 Å². The Hall–Kier alpha value is -1.35. The van der Waals surface area contributed by atoms with Gasteiger partial charge in [-0.25, -0.2) is 0 Å². The Morgan fingerprint density at radius 1 is 1.39 bits per heavy atom. The summed E-state index contributed by atoms with van der Waals surface area (Å²) < 4.78 is 0. The number of carbonyl (C=O) groups excluding carboxylic acids is 1. The molecule has 0 aliphatic heterocycles. The van der Waals surface area contributed by atoms with Crippen LogP contribution >= 0.6 is 0 Å². The van der Waals surface area contributed by atoms with E-state index < -0.39 is 0 Å². The normalized spacial score (nSPS) is 16.7. The minimum absolute atomic E-state index is 0.0266. The summed E-state index contributed by atoms with van der Waals surface area (Å²) in [6, 6.07) is 8.40. The van der Waals surface area contributed by atoms with Gasteiger partial charge in [0.05, 0.1) is 6.42 Å². The Labute approximate surface area is 109 Å². The van der Waals surface area contributed by atoms with Crippen LogP contribution in [-0.4, -0.2) is 17.5 Å². The molecule has 0 radical (unpaired) electrons. The van der Waals surface area contributed by atoms with E-state index >= 15 is 0 Å². The van der Waals surface area contributed by atoms with Crippen molar-refractivity contribution in [3.8, 4) is 0 Å². The van der Waals surface area contributed by atoms with Gasteiger partial charge in [-0.1, -0.05) is 24.3 Å². The fourth-order valence-electron chi connectivity index (χ4n) is 2.15. The van der Waals surface area contributed by atoms with E-state index in [1.54, 1.807) is 0 Å². The summed E-state index contributed by atoms with van der Waals surface area (Å²) in [7, 11) is 0. The number of nitrogens with two attached hydrogens (primary N) is 1. The second kappa shape index (κ2) is 5.11. The zero-order valence-corrected chi connectivity index (χ0v) is 11.2. The molecule has 18 heavy (non-hydrogen) atoms. The van der Waals surface area contributed by atoms with Crippen LogP contribution in [-0.2, 0) is 17.6 Å². The van der Waals surface area contributed by atoms with Crippen LogP contribution in [0, 0.1) is 0 Å². The summed E-state index contributed by atoms with van der Waals surface area (Å²) >= 11 is 0. The first-order valence-electron chi connectivity index (χ1n) is 6.63. The summed E-state index contributed by atoms with van der Waals surface area (Å²) in [6.45, 7) is 3.94. The highest BCUT2D eigenvalue weighted by atomic mass is 16.1. The zero-order valence-electron chi connectivity index (χ0n) is 11.2. The molecule has 1 aromatic carbocycles. The van der Waals surface area contributed by atoms with E-state index in [4.69, 9.17) is 5.73 Å². The van der Waals surface area contributed by atoms with Gasteiger partial charge in [0.15, 0.2) is 0 Å². The first kappa shape index (κ1) is 13.1. The predicted octanol–water partition coefficient (Wildman–Crippen LogP) is 1.79. The Bertz CT molecular complexity index is 436. The molecular formula is C15H22N2O. The first-order valence-corrected chi connectivity index (χ1v) is 6.63. The fraction of sp³-hybridized carbons (Fsp3) is 0.533. The van der Waals surface area contributed by atoms with Gasteiger partial charge in [0, 0.05) is 11.6 Å². The molecule has 0 spiro atoms. The standard InChI is InChI=1S/C15H22N2O/c1-11(2)17-14(18)9-12-4-3-5-13(8-12)10-15(16)6-7-15/h3-5,8,11H,6-7,9-10,16H2,1-2H3,(H,17,18). The fourth-order valence-corrected chi connectivity index (χ4v) is 2.15. The van der Waals surface area contributed by atoms with Gasteiger partial charge in [-0.2, -0.15) is 0 Å². The average molecular weight is 246 g/mol. The Morgan fingerprint density at radius 2 is 2.06 bits per heavy atom. The van der Waals surface area contributed by atoms with Gasteiger partial charge in [-0.05, 0) is 44.2 Å². The Kier molecular flexibility index (Phi) is 3.71. The van der Waals surface area contributed by atoms with Gasteiger partial charge in [0.1, 0.15) is 0 Å². The average Bonchev–Trinajstić information content (AvgIpc) is 2.94. The molecule has 0 unspecified atom stereocenters. The molecule has 1 aliphatic carbocycles. The van der Waals surface area contributed by atoms with Crippen LogP contribution in [0.25, 0.3) is 0 Å². The highest BCUT2D eigenvalue weighted by molar-refractivity contribution is 5.78. The lowest BCUT2D eigenvalue weighted by Gasteiger charge is -2.11. The molecule has 3 heteroatoms. The largest absolute Gasteiger partial charge is 0.354 e. The second-order valence-electron chi connectivity index (χ2n) is 5.76. The van der Waals surface area contributed by atoms with Crippen LogP contribution in [0.5, 0.6) is 0 Å². The van der Waals surface area contributed by atoms with Gasteiger partial charge in [-0.3, -0.25) is 4.79 Å². The number of benzene rings is 1. The number of nitrogens with one attached hydrogen (secondary N) is 1. The van der Waals surface area contributed by atoms with E-state index in [1.165, 1.54) is 5.56 Å². The van der Waals surface area contributed by atoms with Crippen LogP contribution in [0.4, 0.5) is 0 Å². The van der Waals surface area contributed by atoms with Crippen molar-refractivity contribution in [2.75, 3.05) is 0 Å². The van der Waals surface area contributed by atoms with Crippen LogP contribution in [0.15, 0.2) is 24.3 Å². The highest BCUT2D eigenvalue weighted by Gasteiger charge is 2.37. The first-order chi connectivity index (χ1) is 8.47. The maximum atomic E-state index is 11.7. The van der Waals surface area contributed by atoms with E-state index in [0.29, 0.717) is 6.42 Å². The molecule has 0 saturated heterocycles. The Morgan fingerprint density at radius 3 is 2.67 bits per heavy atom. The monoisotopic (exact) mass is 246 g/mol. The second-order valence-corrected chi connectivity index (χ2v) is 5.76.